The fourth-order valence-corrected chi connectivity index (χ4v) is 2.58. The second-order valence-corrected chi connectivity index (χ2v) is 4.58. The van der Waals surface area contributed by atoms with Gasteiger partial charge < -0.3 is 4.74 Å². The van der Waals surface area contributed by atoms with Crippen LogP contribution in [-0.4, -0.2) is 34.9 Å². The van der Waals surface area contributed by atoms with Gasteiger partial charge in [0.05, 0.1) is 17.9 Å². The Bertz CT molecular complexity index is 355. The molecular formula is C11H17N3O. The van der Waals surface area contributed by atoms with E-state index in [4.69, 9.17) is 4.74 Å². The smallest absolute Gasteiger partial charge is 0.0572 e. The van der Waals surface area contributed by atoms with E-state index in [2.05, 4.69) is 21.7 Å². The van der Waals surface area contributed by atoms with Crippen LogP contribution in [0.1, 0.15) is 30.1 Å². The minimum absolute atomic E-state index is 0.564. The molecule has 0 atom stereocenters. The molecule has 2 aliphatic rings. The van der Waals surface area contributed by atoms with Crippen LogP contribution in [0, 0.1) is 0 Å². The molecule has 0 N–H and O–H groups in total. The highest BCUT2D eigenvalue weighted by molar-refractivity contribution is 5.22. The Labute approximate surface area is 89.8 Å². The van der Waals surface area contributed by atoms with E-state index in [-0.39, 0.29) is 0 Å². The van der Waals surface area contributed by atoms with Crippen molar-refractivity contribution in [2.75, 3.05) is 20.3 Å². The predicted octanol–water partition coefficient (Wildman–Crippen LogP) is 1.18. The van der Waals surface area contributed by atoms with Crippen molar-refractivity contribution in [3.05, 3.63) is 17.5 Å². The van der Waals surface area contributed by atoms with E-state index in [1.165, 1.54) is 11.3 Å². The largest absolute Gasteiger partial charge is 0.381 e. The van der Waals surface area contributed by atoms with Gasteiger partial charge in [-0.1, -0.05) is 0 Å². The Kier molecular flexibility index (Phi) is 2.25. The highest BCUT2D eigenvalue weighted by atomic mass is 16.5. The van der Waals surface area contributed by atoms with Gasteiger partial charge in [0.25, 0.3) is 0 Å². The van der Waals surface area contributed by atoms with Gasteiger partial charge in [-0.3, -0.25) is 9.58 Å². The van der Waals surface area contributed by atoms with Gasteiger partial charge in [0.1, 0.15) is 0 Å². The summed E-state index contributed by atoms with van der Waals surface area (Å²) < 4.78 is 7.62. The van der Waals surface area contributed by atoms with Gasteiger partial charge in [-0.05, 0) is 19.9 Å². The first kappa shape index (κ1) is 9.36. The molecule has 3 heterocycles. The van der Waals surface area contributed by atoms with Crippen LogP contribution in [0.25, 0.3) is 0 Å². The number of rotatable bonds is 1. The molecule has 4 nitrogen and oxygen atoms in total. The van der Waals surface area contributed by atoms with Crippen molar-refractivity contribution in [2.24, 2.45) is 0 Å². The number of hydrogen-bond acceptors (Lipinski definition) is 3. The minimum Gasteiger partial charge on any atom is -0.381 e. The van der Waals surface area contributed by atoms with Crippen molar-refractivity contribution in [3.8, 4) is 0 Å². The predicted molar refractivity (Wildman–Crippen MR) is 56.5 cm³/mol. The SMILES string of the molecule is CN1Cc2cnn(C3CCOCC3)c2C1. The van der Waals surface area contributed by atoms with Gasteiger partial charge in [0.2, 0.25) is 0 Å². The lowest BCUT2D eigenvalue weighted by molar-refractivity contribution is 0.0651. The maximum Gasteiger partial charge on any atom is 0.0572 e. The topological polar surface area (TPSA) is 30.3 Å². The molecule has 1 fully saturated rings. The Hall–Kier alpha value is -0.870. The molecule has 3 rings (SSSR count). The zero-order valence-electron chi connectivity index (χ0n) is 9.15. The summed E-state index contributed by atoms with van der Waals surface area (Å²) in [5, 5.41) is 4.53. The van der Waals surface area contributed by atoms with Crippen molar-refractivity contribution in [1.82, 2.24) is 14.7 Å². The summed E-state index contributed by atoms with van der Waals surface area (Å²) in [6.07, 6.45) is 4.25. The molecule has 1 aromatic heterocycles. The number of aromatic nitrogens is 2. The maximum absolute atomic E-state index is 5.39. The molecule has 0 aromatic carbocycles. The molecule has 0 aliphatic carbocycles. The molecule has 1 saturated heterocycles. The van der Waals surface area contributed by atoms with Gasteiger partial charge in [-0.25, -0.2) is 0 Å². The number of hydrogen-bond donors (Lipinski definition) is 0. The molecule has 0 radical (unpaired) electrons. The van der Waals surface area contributed by atoms with E-state index in [1.807, 2.05) is 6.20 Å². The Morgan fingerprint density at radius 3 is 2.93 bits per heavy atom. The standard InChI is InChI=1S/C11H17N3O/c1-13-7-9-6-12-14(11(9)8-13)10-2-4-15-5-3-10/h6,10H,2-5,7-8H2,1H3. The van der Waals surface area contributed by atoms with Crippen LogP contribution in [0.5, 0.6) is 0 Å². The van der Waals surface area contributed by atoms with E-state index >= 15 is 0 Å². The molecule has 0 bridgehead atoms. The molecule has 0 saturated carbocycles. The van der Waals surface area contributed by atoms with Crippen LogP contribution in [-0.2, 0) is 17.8 Å². The fourth-order valence-electron chi connectivity index (χ4n) is 2.58. The number of nitrogens with zero attached hydrogens (tertiary/aromatic N) is 3. The fraction of sp³-hybridized carbons (Fsp3) is 0.727. The quantitative estimate of drug-likeness (QED) is 0.692. The first-order valence-corrected chi connectivity index (χ1v) is 5.66. The lowest BCUT2D eigenvalue weighted by atomic mass is 10.1. The van der Waals surface area contributed by atoms with Crippen LogP contribution in [0.3, 0.4) is 0 Å². The summed E-state index contributed by atoms with van der Waals surface area (Å²) in [6, 6.07) is 0.564. The van der Waals surface area contributed by atoms with Crippen molar-refractivity contribution < 1.29 is 4.74 Å². The van der Waals surface area contributed by atoms with Crippen LogP contribution in [0.4, 0.5) is 0 Å². The molecule has 0 spiro atoms. The average Bonchev–Trinajstić information content (AvgIpc) is 2.77. The third kappa shape index (κ3) is 1.58. The zero-order valence-corrected chi connectivity index (χ0v) is 9.15. The van der Waals surface area contributed by atoms with E-state index in [1.54, 1.807) is 0 Å². The van der Waals surface area contributed by atoms with E-state index in [9.17, 15) is 0 Å². The van der Waals surface area contributed by atoms with Gasteiger partial charge in [-0.15, -0.1) is 0 Å². The lowest BCUT2D eigenvalue weighted by Gasteiger charge is -2.24. The van der Waals surface area contributed by atoms with Crippen molar-refractivity contribution in [2.45, 2.75) is 32.0 Å². The van der Waals surface area contributed by atoms with Crippen LogP contribution in [0.15, 0.2) is 6.20 Å². The van der Waals surface area contributed by atoms with Crippen molar-refractivity contribution >= 4 is 0 Å². The monoisotopic (exact) mass is 207 g/mol. The Morgan fingerprint density at radius 2 is 2.13 bits per heavy atom. The van der Waals surface area contributed by atoms with Crippen molar-refractivity contribution in [1.29, 1.82) is 0 Å². The first-order chi connectivity index (χ1) is 7.34. The summed E-state index contributed by atoms with van der Waals surface area (Å²) in [5.74, 6) is 0. The summed E-state index contributed by atoms with van der Waals surface area (Å²) in [6.45, 7) is 3.87. The minimum atomic E-state index is 0.564. The van der Waals surface area contributed by atoms with Gasteiger partial charge in [0, 0.05) is 31.9 Å². The summed E-state index contributed by atoms with van der Waals surface area (Å²) in [7, 11) is 2.16. The van der Waals surface area contributed by atoms with Crippen LogP contribution >= 0.6 is 0 Å². The molecule has 1 aromatic rings. The summed E-state index contributed by atoms with van der Waals surface area (Å²) in [4.78, 5) is 2.34. The van der Waals surface area contributed by atoms with Gasteiger partial charge >= 0.3 is 0 Å². The second-order valence-electron chi connectivity index (χ2n) is 4.58. The number of ether oxygens (including phenoxy) is 1. The molecule has 15 heavy (non-hydrogen) atoms. The Morgan fingerprint density at radius 1 is 1.33 bits per heavy atom. The molecule has 4 heteroatoms. The zero-order chi connectivity index (χ0) is 10.3. The van der Waals surface area contributed by atoms with Crippen LogP contribution in [0.2, 0.25) is 0 Å². The summed E-state index contributed by atoms with van der Waals surface area (Å²) >= 11 is 0. The molecular weight excluding hydrogens is 190 g/mol. The second kappa shape index (κ2) is 3.61. The first-order valence-electron chi connectivity index (χ1n) is 5.66. The molecule has 0 unspecified atom stereocenters. The lowest BCUT2D eigenvalue weighted by Crippen LogP contribution is -2.22. The van der Waals surface area contributed by atoms with E-state index in [0.29, 0.717) is 6.04 Å². The molecule has 82 valence electrons. The van der Waals surface area contributed by atoms with Crippen LogP contribution < -0.4 is 0 Å². The van der Waals surface area contributed by atoms with E-state index in [0.717, 1.165) is 39.1 Å². The highest BCUT2D eigenvalue weighted by Crippen LogP contribution is 2.27. The van der Waals surface area contributed by atoms with Gasteiger partial charge in [0.15, 0.2) is 0 Å². The number of fused-ring (bicyclic) bond motifs is 1. The average molecular weight is 207 g/mol. The normalized spacial score (nSPS) is 23.3. The third-order valence-corrected chi connectivity index (χ3v) is 3.38. The molecule has 2 aliphatic heterocycles. The van der Waals surface area contributed by atoms with Gasteiger partial charge in [-0.2, -0.15) is 5.10 Å². The maximum atomic E-state index is 5.39. The van der Waals surface area contributed by atoms with Crippen molar-refractivity contribution in [3.63, 3.8) is 0 Å². The molecule has 0 amide bonds. The highest BCUT2D eigenvalue weighted by Gasteiger charge is 2.25. The van der Waals surface area contributed by atoms with E-state index < -0.39 is 0 Å². The third-order valence-electron chi connectivity index (χ3n) is 3.38. The summed E-state index contributed by atoms with van der Waals surface area (Å²) in [5.41, 5.74) is 2.83. The Balaban J connectivity index is 1.86.